The lowest BCUT2D eigenvalue weighted by Crippen LogP contribution is -2.29. The van der Waals surface area contributed by atoms with Crippen molar-refractivity contribution in [1.82, 2.24) is 4.90 Å². The maximum absolute atomic E-state index is 12.7. The van der Waals surface area contributed by atoms with Gasteiger partial charge in [0.1, 0.15) is 4.32 Å². The van der Waals surface area contributed by atoms with Gasteiger partial charge in [0.25, 0.3) is 5.91 Å². The maximum Gasteiger partial charge on any atom is 0.305 e. The van der Waals surface area contributed by atoms with Crippen LogP contribution in [0.2, 0.25) is 0 Å². The van der Waals surface area contributed by atoms with E-state index in [2.05, 4.69) is 16.9 Å². The molecular formula is C24H25NO5S2. The molecular weight excluding hydrogens is 446 g/mol. The first-order valence-corrected chi connectivity index (χ1v) is 11.4. The number of hydrogen-bond acceptors (Lipinski definition) is 7. The van der Waals surface area contributed by atoms with Gasteiger partial charge < -0.3 is 14.2 Å². The summed E-state index contributed by atoms with van der Waals surface area (Å²) in [6.45, 7) is 0.915. The van der Waals surface area contributed by atoms with Gasteiger partial charge in [-0.25, -0.2) is 0 Å². The third-order valence-corrected chi connectivity index (χ3v) is 6.22. The molecule has 2 aromatic rings. The van der Waals surface area contributed by atoms with E-state index < -0.39 is 0 Å². The van der Waals surface area contributed by atoms with E-state index in [1.54, 1.807) is 13.2 Å². The second-order valence-electron chi connectivity index (χ2n) is 7.01. The Kier molecular flexibility index (Phi) is 8.70. The van der Waals surface area contributed by atoms with Crippen molar-refractivity contribution in [3.8, 4) is 11.5 Å². The summed E-state index contributed by atoms with van der Waals surface area (Å²) >= 11 is 6.59. The molecule has 0 unspecified atom stereocenters. The number of esters is 1. The zero-order valence-corrected chi connectivity index (χ0v) is 19.7. The Bertz CT molecular complexity index is 1010. The minimum atomic E-state index is -0.302. The highest BCUT2D eigenvalue weighted by Crippen LogP contribution is 2.35. The lowest BCUT2D eigenvalue weighted by Gasteiger charge is -2.13. The van der Waals surface area contributed by atoms with Crippen molar-refractivity contribution < 1.29 is 23.8 Å². The molecule has 1 saturated heterocycles. The Morgan fingerprint density at radius 1 is 1.12 bits per heavy atom. The molecule has 0 saturated carbocycles. The van der Waals surface area contributed by atoms with Crippen LogP contribution in [0.15, 0.2) is 53.4 Å². The van der Waals surface area contributed by atoms with Gasteiger partial charge in [-0.15, -0.1) is 0 Å². The molecule has 0 N–H and O–H groups in total. The molecule has 8 heteroatoms. The van der Waals surface area contributed by atoms with Crippen LogP contribution in [0.4, 0.5) is 0 Å². The molecule has 0 atom stereocenters. The zero-order chi connectivity index (χ0) is 22.9. The highest BCUT2D eigenvalue weighted by molar-refractivity contribution is 8.26. The number of ether oxygens (including phenoxy) is 3. The van der Waals surface area contributed by atoms with Crippen molar-refractivity contribution in [2.24, 2.45) is 0 Å². The van der Waals surface area contributed by atoms with Gasteiger partial charge in [0.2, 0.25) is 0 Å². The van der Waals surface area contributed by atoms with Gasteiger partial charge in [-0.1, -0.05) is 60.4 Å². The summed E-state index contributed by atoms with van der Waals surface area (Å²) in [5.74, 6) is 0.785. The minimum Gasteiger partial charge on any atom is -0.493 e. The second kappa shape index (κ2) is 11.7. The van der Waals surface area contributed by atoms with Crippen molar-refractivity contribution in [2.45, 2.75) is 19.3 Å². The quantitative estimate of drug-likeness (QED) is 0.288. The Hall–Kier alpha value is -2.84. The van der Waals surface area contributed by atoms with Gasteiger partial charge in [0.05, 0.1) is 25.7 Å². The molecule has 6 nitrogen and oxygen atoms in total. The van der Waals surface area contributed by atoms with Crippen LogP contribution in [0.5, 0.6) is 11.5 Å². The average molecular weight is 472 g/mol. The molecule has 0 aliphatic carbocycles. The van der Waals surface area contributed by atoms with E-state index >= 15 is 0 Å². The molecule has 1 amide bonds. The highest BCUT2D eigenvalue weighted by Gasteiger charge is 2.31. The van der Waals surface area contributed by atoms with Crippen molar-refractivity contribution in [3.63, 3.8) is 0 Å². The normalized spacial score (nSPS) is 14.7. The minimum absolute atomic E-state index is 0.160. The zero-order valence-electron chi connectivity index (χ0n) is 18.0. The number of rotatable bonds is 10. The summed E-state index contributed by atoms with van der Waals surface area (Å²) in [5.41, 5.74) is 2.02. The topological polar surface area (TPSA) is 65.1 Å². The summed E-state index contributed by atoms with van der Waals surface area (Å²) in [4.78, 5) is 26.1. The molecule has 1 heterocycles. The van der Waals surface area contributed by atoms with Gasteiger partial charge in [0, 0.05) is 19.4 Å². The number of thiocarbonyl (C=S) groups is 1. The van der Waals surface area contributed by atoms with Gasteiger partial charge in [-0.2, -0.15) is 0 Å². The second-order valence-corrected chi connectivity index (χ2v) is 8.68. The van der Waals surface area contributed by atoms with Crippen LogP contribution in [-0.4, -0.2) is 48.5 Å². The van der Waals surface area contributed by atoms with Gasteiger partial charge in [-0.05, 0) is 35.8 Å². The summed E-state index contributed by atoms with van der Waals surface area (Å²) in [7, 11) is 2.93. The number of methoxy groups -OCH3 is 2. The van der Waals surface area contributed by atoms with E-state index in [1.165, 1.54) is 29.3 Å². The Morgan fingerprint density at radius 2 is 1.91 bits per heavy atom. The van der Waals surface area contributed by atoms with Crippen LogP contribution in [0.3, 0.4) is 0 Å². The number of carbonyl (C=O) groups excluding carboxylic acids is 2. The van der Waals surface area contributed by atoms with E-state index in [1.807, 2.05) is 36.4 Å². The van der Waals surface area contributed by atoms with Crippen LogP contribution in [0.1, 0.15) is 24.0 Å². The molecule has 1 aliphatic heterocycles. The number of amides is 1. The van der Waals surface area contributed by atoms with Crippen molar-refractivity contribution >= 4 is 46.3 Å². The van der Waals surface area contributed by atoms with Crippen LogP contribution in [-0.2, 0) is 20.7 Å². The standard InChI is InChI=1S/C24H25NO5S2/c1-28-20-15-18(10-11-19(20)30-14-12-17-7-4-3-5-8-17)16-21-23(27)25(24(31)32-21)13-6-9-22(26)29-2/h3-5,7-8,10-11,15-16H,6,9,12-14H2,1-2H3/b21-16-. The smallest absolute Gasteiger partial charge is 0.305 e. The number of thioether (sulfide) groups is 1. The fourth-order valence-corrected chi connectivity index (χ4v) is 4.45. The number of carbonyl (C=O) groups is 2. The molecule has 2 aromatic carbocycles. The van der Waals surface area contributed by atoms with Gasteiger partial charge in [-0.3, -0.25) is 14.5 Å². The van der Waals surface area contributed by atoms with Crippen LogP contribution < -0.4 is 9.47 Å². The molecule has 168 valence electrons. The summed E-state index contributed by atoms with van der Waals surface area (Å²) in [5, 5.41) is 0. The fourth-order valence-electron chi connectivity index (χ4n) is 3.14. The molecule has 0 aromatic heterocycles. The summed E-state index contributed by atoms with van der Waals surface area (Å²) < 4.78 is 16.5. The molecule has 0 spiro atoms. The SMILES string of the molecule is COC(=O)CCCN1C(=O)/C(=C/c2ccc(OCCc3ccccc3)c(OC)c2)SC1=S. The van der Waals surface area contributed by atoms with E-state index in [9.17, 15) is 9.59 Å². The van der Waals surface area contributed by atoms with E-state index in [0.717, 1.165) is 12.0 Å². The third kappa shape index (κ3) is 6.34. The van der Waals surface area contributed by atoms with E-state index in [4.69, 9.17) is 21.7 Å². The molecule has 3 rings (SSSR count). The molecule has 0 bridgehead atoms. The maximum atomic E-state index is 12.7. The lowest BCUT2D eigenvalue weighted by molar-refractivity contribution is -0.141. The summed E-state index contributed by atoms with van der Waals surface area (Å²) in [6.07, 6.45) is 3.32. The largest absolute Gasteiger partial charge is 0.493 e. The molecule has 1 fully saturated rings. The van der Waals surface area contributed by atoms with Crippen LogP contribution >= 0.6 is 24.0 Å². The third-order valence-electron chi connectivity index (χ3n) is 4.84. The van der Waals surface area contributed by atoms with Crippen molar-refractivity contribution in [3.05, 3.63) is 64.6 Å². The molecule has 1 aliphatic rings. The van der Waals surface area contributed by atoms with Crippen LogP contribution in [0.25, 0.3) is 6.08 Å². The Labute approximate surface area is 197 Å². The predicted molar refractivity (Wildman–Crippen MR) is 130 cm³/mol. The number of benzene rings is 2. The monoisotopic (exact) mass is 471 g/mol. The van der Waals surface area contributed by atoms with Crippen LogP contribution in [0, 0.1) is 0 Å². The highest BCUT2D eigenvalue weighted by atomic mass is 32.2. The predicted octanol–water partition coefficient (Wildman–Crippen LogP) is 4.47. The van der Waals surface area contributed by atoms with Crippen molar-refractivity contribution in [2.75, 3.05) is 27.4 Å². The first-order chi connectivity index (χ1) is 15.5. The molecule has 32 heavy (non-hydrogen) atoms. The number of nitrogens with zero attached hydrogens (tertiary/aromatic N) is 1. The van der Waals surface area contributed by atoms with E-state index in [-0.39, 0.29) is 18.3 Å². The van der Waals surface area contributed by atoms with Gasteiger partial charge >= 0.3 is 5.97 Å². The van der Waals surface area contributed by atoms with E-state index in [0.29, 0.717) is 40.3 Å². The first-order valence-electron chi connectivity index (χ1n) is 10.2. The van der Waals surface area contributed by atoms with Crippen molar-refractivity contribution in [1.29, 1.82) is 0 Å². The first kappa shape index (κ1) is 23.8. The average Bonchev–Trinajstić information content (AvgIpc) is 3.07. The number of hydrogen-bond donors (Lipinski definition) is 0. The Balaban J connectivity index is 1.63. The fraction of sp³-hybridized carbons (Fsp3) is 0.292. The molecule has 0 radical (unpaired) electrons. The van der Waals surface area contributed by atoms with Gasteiger partial charge in [0.15, 0.2) is 11.5 Å². The lowest BCUT2D eigenvalue weighted by atomic mass is 10.1. The Morgan fingerprint density at radius 3 is 2.62 bits per heavy atom. The summed E-state index contributed by atoms with van der Waals surface area (Å²) in [6, 6.07) is 15.7.